The first-order valence-corrected chi connectivity index (χ1v) is 8.75. The van der Waals surface area contributed by atoms with Crippen molar-refractivity contribution in [3.8, 4) is 0 Å². The second-order valence-corrected chi connectivity index (χ2v) is 7.12. The summed E-state index contributed by atoms with van der Waals surface area (Å²) < 4.78 is 0. The smallest absolute Gasteiger partial charge is 0.0259 e. The van der Waals surface area contributed by atoms with E-state index in [0.717, 1.165) is 31.0 Å². The molecule has 2 atom stereocenters. The normalized spacial score (nSPS) is 35.2. The molecule has 0 aromatic heterocycles. The molecule has 116 valence electrons. The molecule has 0 aromatic rings. The van der Waals surface area contributed by atoms with Crippen LogP contribution < -0.4 is 10.6 Å². The number of nitrogens with one attached hydrogen (secondary N) is 2. The highest BCUT2D eigenvalue weighted by Crippen LogP contribution is 2.26. The van der Waals surface area contributed by atoms with Gasteiger partial charge in [-0.3, -0.25) is 0 Å². The molecular weight excluding hydrogens is 248 g/mol. The summed E-state index contributed by atoms with van der Waals surface area (Å²) in [7, 11) is 0. The lowest BCUT2D eigenvalue weighted by molar-refractivity contribution is -0.0579. The minimum Gasteiger partial charge on any atom is -0.314 e. The first-order chi connectivity index (χ1) is 9.81. The van der Waals surface area contributed by atoms with Gasteiger partial charge in [0.2, 0.25) is 0 Å². The largest absolute Gasteiger partial charge is 0.314 e. The van der Waals surface area contributed by atoms with Crippen molar-refractivity contribution >= 4 is 0 Å². The Bertz CT molecular complexity index is 274. The van der Waals surface area contributed by atoms with Crippen molar-refractivity contribution in [3.63, 3.8) is 0 Å². The Morgan fingerprint density at radius 1 is 0.900 bits per heavy atom. The summed E-state index contributed by atoms with van der Waals surface area (Å²) in [6, 6.07) is 0.807. The zero-order valence-electron chi connectivity index (χ0n) is 13.1. The van der Waals surface area contributed by atoms with Gasteiger partial charge in [0.15, 0.2) is 0 Å². The third-order valence-corrected chi connectivity index (χ3v) is 5.47. The number of rotatable bonds is 3. The Labute approximate surface area is 124 Å². The number of nitrogens with zero attached hydrogens (tertiary/aromatic N) is 2. The predicted octanol–water partition coefficient (Wildman–Crippen LogP) is 1.30. The van der Waals surface area contributed by atoms with Crippen molar-refractivity contribution in [1.29, 1.82) is 0 Å². The molecule has 0 aromatic carbocycles. The van der Waals surface area contributed by atoms with Crippen LogP contribution in [-0.4, -0.2) is 61.9 Å². The minimum absolute atomic E-state index is 0.807. The lowest BCUT2D eigenvalue weighted by atomic mass is 9.86. The monoisotopic (exact) mass is 280 g/mol. The van der Waals surface area contributed by atoms with Crippen molar-refractivity contribution in [1.82, 2.24) is 20.7 Å². The summed E-state index contributed by atoms with van der Waals surface area (Å²) in [5, 5.41) is 12.4. The fraction of sp³-hybridized carbons (Fsp3) is 1.00. The minimum atomic E-state index is 0.807. The molecule has 3 rings (SSSR count). The van der Waals surface area contributed by atoms with Crippen LogP contribution >= 0.6 is 0 Å². The van der Waals surface area contributed by atoms with E-state index in [4.69, 9.17) is 0 Å². The van der Waals surface area contributed by atoms with Crippen LogP contribution in [0.25, 0.3) is 0 Å². The van der Waals surface area contributed by atoms with Gasteiger partial charge in [0.1, 0.15) is 0 Å². The molecule has 3 saturated heterocycles. The van der Waals surface area contributed by atoms with Crippen molar-refractivity contribution in [2.45, 2.75) is 45.1 Å². The van der Waals surface area contributed by atoms with Gasteiger partial charge in [-0.25, -0.2) is 10.0 Å². The van der Waals surface area contributed by atoms with E-state index in [0.29, 0.717) is 0 Å². The van der Waals surface area contributed by atoms with E-state index < -0.39 is 0 Å². The average molecular weight is 280 g/mol. The van der Waals surface area contributed by atoms with Gasteiger partial charge in [-0.2, -0.15) is 0 Å². The third-order valence-electron chi connectivity index (χ3n) is 5.47. The second kappa shape index (κ2) is 7.21. The molecular formula is C16H32N4. The molecule has 20 heavy (non-hydrogen) atoms. The lowest BCUT2D eigenvalue weighted by Crippen LogP contribution is -2.54. The zero-order chi connectivity index (χ0) is 13.8. The van der Waals surface area contributed by atoms with E-state index in [2.05, 4.69) is 27.6 Å². The van der Waals surface area contributed by atoms with Crippen LogP contribution in [0.2, 0.25) is 0 Å². The van der Waals surface area contributed by atoms with E-state index >= 15 is 0 Å². The number of hydrogen-bond donors (Lipinski definition) is 2. The first-order valence-electron chi connectivity index (χ1n) is 8.75. The molecule has 3 heterocycles. The first kappa shape index (κ1) is 14.8. The molecule has 0 radical (unpaired) electrons. The molecule has 0 aliphatic carbocycles. The molecule has 2 unspecified atom stereocenters. The maximum Gasteiger partial charge on any atom is 0.0259 e. The number of hydrazine groups is 1. The van der Waals surface area contributed by atoms with Gasteiger partial charge in [-0.15, -0.1) is 0 Å². The van der Waals surface area contributed by atoms with Crippen molar-refractivity contribution in [2.24, 2.45) is 11.8 Å². The number of piperidine rings is 2. The average Bonchev–Trinajstić information content (AvgIpc) is 2.51. The maximum absolute atomic E-state index is 3.76. The van der Waals surface area contributed by atoms with Crippen LogP contribution in [-0.2, 0) is 0 Å². The summed E-state index contributed by atoms with van der Waals surface area (Å²) in [4.78, 5) is 0. The van der Waals surface area contributed by atoms with Gasteiger partial charge < -0.3 is 10.6 Å². The number of hydrogen-bond acceptors (Lipinski definition) is 4. The fourth-order valence-electron chi connectivity index (χ4n) is 4.03. The Hall–Kier alpha value is -0.160. The summed E-state index contributed by atoms with van der Waals surface area (Å²) in [6.07, 6.45) is 7.05. The van der Waals surface area contributed by atoms with Crippen LogP contribution in [0.15, 0.2) is 0 Å². The SMILES string of the molecule is CC1CCC(CC2CCN(N3CCNCC3)CC2)NC1. The zero-order valence-corrected chi connectivity index (χ0v) is 13.1. The highest BCUT2D eigenvalue weighted by atomic mass is 15.6. The van der Waals surface area contributed by atoms with Gasteiger partial charge >= 0.3 is 0 Å². The summed E-state index contributed by atoms with van der Waals surface area (Å²) >= 11 is 0. The summed E-state index contributed by atoms with van der Waals surface area (Å²) in [6.45, 7) is 10.9. The van der Waals surface area contributed by atoms with Crippen LogP contribution in [0.3, 0.4) is 0 Å². The van der Waals surface area contributed by atoms with Gasteiger partial charge in [0, 0.05) is 45.3 Å². The van der Waals surface area contributed by atoms with Crippen LogP contribution in [0, 0.1) is 11.8 Å². The van der Waals surface area contributed by atoms with Crippen LogP contribution in [0.4, 0.5) is 0 Å². The second-order valence-electron chi connectivity index (χ2n) is 7.12. The fourth-order valence-corrected chi connectivity index (χ4v) is 4.03. The Morgan fingerprint density at radius 2 is 1.60 bits per heavy atom. The van der Waals surface area contributed by atoms with Gasteiger partial charge in [-0.05, 0) is 50.5 Å². The molecule has 3 fully saturated rings. The van der Waals surface area contributed by atoms with E-state index in [1.54, 1.807) is 0 Å². The molecule has 4 heteroatoms. The standard InChI is InChI=1S/C16H32N4/c1-14-2-3-16(18-13-14)12-15-4-8-19(9-5-15)20-10-6-17-7-11-20/h14-18H,2-13H2,1H3. The quantitative estimate of drug-likeness (QED) is 0.816. The van der Waals surface area contributed by atoms with Gasteiger partial charge in [-0.1, -0.05) is 6.92 Å². The van der Waals surface area contributed by atoms with Gasteiger partial charge in [0.05, 0.1) is 0 Å². The topological polar surface area (TPSA) is 30.5 Å². The summed E-state index contributed by atoms with van der Waals surface area (Å²) in [5.41, 5.74) is 0. The highest BCUT2D eigenvalue weighted by Gasteiger charge is 2.27. The van der Waals surface area contributed by atoms with Crippen molar-refractivity contribution in [2.75, 3.05) is 45.8 Å². The van der Waals surface area contributed by atoms with E-state index in [-0.39, 0.29) is 0 Å². The van der Waals surface area contributed by atoms with Crippen LogP contribution in [0.5, 0.6) is 0 Å². The van der Waals surface area contributed by atoms with E-state index in [1.807, 2.05) is 0 Å². The summed E-state index contributed by atoms with van der Waals surface area (Å²) in [5.74, 6) is 1.85. The molecule has 0 bridgehead atoms. The van der Waals surface area contributed by atoms with Crippen molar-refractivity contribution < 1.29 is 0 Å². The van der Waals surface area contributed by atoms with Gasteiger partial charge in [0.25, 0.3) is 0 Å². The Morgan fingerprint density at radius 3 is 2.25 bits per heavy atom. The maximum atomic E-state index is 3.76. The van der Waals surface area contributed by atoms with E-state index in [9.17, 15) is 0 Å². The molecule has 2 N–H and O–H groups in total. The van der Waals surface area contributed by atoms with Crippen molar-refractivity contribution in [3.05, 3.63) is 0 Å². The number of piperazine rings is 1. The van der Waals surface area contributed by atoms with Crippen LogP contribution in [0.1, 0.15) is 39.0 Å². The highest BCUT2D eigenvalue weighted by molar-refractivity contribution is 4.81. The third kappa shape index (κ3) is 3.94. The lowest BCUT2D eigenvalue weighted by Gasteiger charge is -2.42. The molecule has 0 amide bonds. The van der Waals surface area contributed by atoms with E-state index in [1.165, 1.54) is 64.8 Å². The Balaban J connectivity index is 1.37. The Kier molecular flexibility index (Phi) is 5.32. The predicted molar refractivity (Wildman–Crippen MR) is 83.5 cm³/mol. The molecule has 0 spiro atoms. The molecule has 0 saturated carbocycles. The molecule has 3 aliphatic heterocycles. The molecule has 4 nitrogen and oxygen atoms in total. The molecule has 3 aliphatic rings.